The summed E-state index contributed by atoms with van der Waals surface area (Å²) < 4.78 is 35.8. The number of nitrogens with zero attached hydrogens (tertiary/aromatic N) is 1. The molecule has 1 saturated carbocycles. The number of hydrogen-bond acceptors (Lipinski definition) is 1. The van der Waals surface area contributed by atoms with E-state index in [0.29, 0.717) is 12.8 Å². The fraction of sp³-hybridized carbons (Fsp3) is 0.889. The third kappa shape index (κ3) is 4.01. The van der Waals surface area contributed by atoms with Crippen molar-refractivity contribution in [2.24, 2.45) is 0 Å². The summed E-state index contributed by atoms with van der Waals surface area (Å²) in [5.74, 6) is -0.498. The molecule has 0 radical (unpaired) electrons. The van der Waals surface area contributed by atoms with Gasteiger partial charge in [0.25, 0.3) is 0 Å². The summed E-state index contributed by atoms with van der Waals surface area (Å²) in [6.07, 6.45) is -2.98. The van der Waals surface area contributed by atoms with Gasteiger partial charge in [0, 0.05) is 6.04 Å². The Bertz CT molecular complexity index is 255. The van der Waals surface area contributed by atoms with Gasteiger partial charge >= 0.3 is 6.18 Å². The zero-order valence-electron chi connectivity index (χ0n) is 8.57. The predicted molar refractivity (Wildman–Crippen MR) is 53.8 cm³/mol. The van der Waals surface area contributed by atoms with Gasteiger partial charge in [-0.05, 0) is 26.7 Å². The van der Waals surface area contributed by atoms with E-state index in [1.54, 1.807) is 13.8 Å². The Morgan fingerprint density at radius 2 is 1.87 bits per heavy atom. The van der Waals surface area contributed by atoms with Crippen molar-refractivity contribution in [3.8, 4) is 0 Å². The van der Waals surface area contributed by atoms with Crippen molar-refractivity contribution in [2.45, 2.75) is 43.2 Å². The first kappa shape index (κ1) is 12.8. The summed E-state index contributed by atoms with van der Waals surface area (Å²) in [7, 11) is 0. The molecule has 88 valence electrons. The average Bonchev–Trinajstić information content (AvgIpc) is 2.77. The van der Waals surface area contributed by atoms with Gasteiger partial charge in [-0.25, -0.2) is 0 Å². The maximum atomic E-state index is 12.2. The van der Waals surface area contributed by atoms with Crippen LogP contribution in [0.1, 0.15) is 26.7 Å². The molecule has 1 aliphatic rings. The van der Waals surface area contributed by atoms with Crippen LogP contribution in [0.5, 0.6) is 0 Å². The van der Waals surface area contributed by atoms with Crippen molar-refractivity contribution in [3.05, 3.63) is 0 Å². The lowest BCUT2D eigenvalue weighted by Gasteiger charge is -2.29. The van der Waals surface area contributed by atoms with Gasteiger partial charge in [0.1, 0.15) is 6.54 Å². The van der Waals surface area contributed by atoms with Crippen LogP contribution in [0.2, 0.25) is 0 Å². The van der Waals surface area contributed by atoms with Crippen LogP contribution in [0.3, 0.4) is 0 Å². The number of carbonyl (C=O) groups excluding carboxylic acids is 1. The minimum atomic E-state index is -4.32. The highest BCUT2D eigenvalue weighted by Gasteiger charge is 2.43. The molecule has 0 aromatic rings. The van der Waals surface area contributed by atoms with Crippen molar-refractivity contribution in [3.63, 3.8) is 0 Å². The summed E-state index contributed by atoms with van der Waals surface area (Å²) >= 11 is 3.09. The Kier molecular flexibility index (Phi) is 3.38. The van der Waals surface area contributed by atoms with Gasteiger partial charge in [-0.3, -0.25) is 4.79 Å². The summed E-state index contributed by atoms with van der Waals surface area (Å²) in [6.45, 7) is 1.97. The molecule has 0 unspecified atom stereocenters. The van der Waals surface area contributed by atoms with Gasteiger partial charge in [-0.1, -0.05) is 15.9 Å². The van der Waals surface area contributed by atoms with E-state index in [0.717, 1.165) is 4.90 Å². The number of halogens is 4. The van der Waals surface area contributed by atoms with E-state index in [4.69, 9.17) is 0 Å². The van der Waals surface area contributed by atoms with Gasteiger partial charge < -0.3 is 4.90 Å². The van der Waals surface area contributed by atoms with Gasteiger partial charge in [0.05, 0.1) is 4.32 Å². The standard InChI is InChI=1S/C9H13BrF3NO/c1-8(2,10)7(15)14(6-3-4-6)5-9(11,12)13/h6H,3-5H2,1-2H3. The quantitative estimate of drug-likeness (QED) is 0.731. The van der Waals surface area contributed by atoms with Gasteiger partial charge in [-0.15, -0.1) is 0 Å². The van der Waals surface area contributed by atoms with Crippen LogP contribution in [-0.2, 0) is 4.79 Å². The van der Waals surface area contributed by atoms with Gasteiger partial charge in [0.15, 0.2) is 0 Å². The van der Waals surface area contributed by atoms with Gasteiger partial charge in [-0.2, -0.15) is 13.2 Å². The van der Waals surface area contributed by atoms with Crippen molar-refractivity contribution in [1.82, 2.24) is 4.90 Å². The summed E-state index contributed by atoms with van der Waals surface area (Å²) in [5.41, 5.74) is 0. The minimum Gasteiger partial charge on any atom is -0.329 e. The van der Waals surface area contributed by atoms with Crippen molar-refractivity contribution in [2.75, 3.05) is 6.54 Å². The fourth-order valence-corrected chi connectivity index (χ4v) is 1.52. The van der Waals surface area contributed by atoms with Crippen molar-refractivity contribution in [1.29, 1.82) is 0 Å². The number of carbonyl (C=O) groups is 1. The number of rotatable bonds is 3. The normalized spacial score (nSPS) is 17.7. The second kappa shape index (κ2) is 3.96. The molecule has 0 spiro atoms. The molecule has 0 aromatic heterocycles. The fourth-order valence-electron chi connectivity index (χ4n) is 1.29. The van der Waals surface area contributed by atoms with E-state index in [2.05, 4.69) is 15.9 Å². The highest BCUT2D eigenvalue weighted by atomic mass is 79.9. The Balaban J connectivity index is 2.71. The van der Waals surface area contributed by atoms with Crippen LogP contribution in [0.15, 0.2) is 0 Å². The Morgan fingerprint density at radius 1 is 1.40 bits per heavy atom. The SMILES string of the molecule is CC(C)(Br)C(=O)N(CC(F)(F)F)C1CC1. The van der Waals surface area contributed by atoms with E-state index in [-0.39, 0.29) is 6.04 Å². The lowest BCUT2D eigenvalue weighted by Crippen LogP contribution is -2.47. The molecule has 0 N–H and O–H groups in total. The van der Waals surface area contributed by atoms with Crippen LogP contribution in [0.4, 0.5) is 13.2 Å². The lowest BCUT2D eigenvalue weighted by molar-refractivity contribution is -0.163. The van der Waals surface area contributed by atoms with E-state index in [9.17, 15) is 18.0 Å². The summed E-state index contributed by atoms with van der Waals surface area (Å²) in [6, 6.07) is -0.226. The molecule has 0 aromatic carbocycles. The molecule has 0 aliphatic heterocycles. The molecule has 2 nitrogen and oxygen atoms in total. The number of alkyl halides is 4. The maximum absolute atomic E-state index is 12.2. The average molecular weight is 288 g/mol. The topological polar surface area (TPSA) is 20.3 Å². The first-order valence-corrected chi connectivity index (χ1v) is 5.47. The molecule has 0 heterocycles. The number of amides is 1. The molecule has 1 aliphatic carbocycles. The summed E-state index contributed by atoms with van der Waals surface area (Å²) in [4.78, 5) is 12.6. The highest BCUT2D eigenvalue weighted by Crippen LogP contribution is 2.33. The Labute approximate surface area is 94.9 Å². The molecule has 0 atom stereocenters. The van der Waals surface area contributed by atoms with E-state index < -0.39 is 23.0 Å². The molecule has 6 heteroatoms. The summed E-state index contributed by atoms with van der Waals surface area (Å²) in [5, 5.41) is 0. The molecule has 15 heavy (non-hydrogen) atoms. The van der Waals surface area contributed by atoms with Crippen LogP contribution >= 0.6 is 15.9 Å². The molecule has 0 bridgehead atoms. The van der Waals surface area contributed by atoms with Crippen LogP contribution in [0, 0.1) is 0 Å². The molecule has 1 rings (SSSR count). The van der Waals surface area contributed by atoms with E-state index in [1.807, 2.05) is 0 Å². The maximum Gasteiger partial charge on any atom is 0.406 e. The van der Waals surface area contributed by atoms with Crippen LogP contribution in [0.25, 0.3) is 0 Å². The molecular formula is C9H13BrF3NO. The second-order valence-corrected chi connectivity index (χ2v) is 6.23. The molecular weight excluding hydrogens is 275 g/mol. The molecule has 1 amide bonds. The Morgan fingerprint density at radius 3 is 2.13 bits per heavy atom. The number of hydrogen-bond donors (Lipinski definition) is 0. The molecule has 0 saturated heterocycles. The molecule has 1 fully saturated rings. The highest BCUT2D eigenvalue weighted by molar-refractivity contribution is 9.10. The van der Waals surface area contributed by atoms with Crippen molar-refractivity contribution < 1.29 is 18.0 Å². The smallest absolute Gasteiger partial charge is 0.329 e. The zero-order valence-corrected chi connectivity index (χ0v) is 10.2. The predicted octanol–water partition coefficient (Wildman–Crippen LogP) is 2.71. The third-order valence-corrected chi connectivity index (χ3v) is 2.45. The van der Waals surface area contributed by atoms with Crippen LogP contribution < -0.4 is 0 Å². The van der Waals surface area contributed by atoms with Crippen molar-refractivity contribution >= 4 is 21.8 Å². The minimum absolute atomic E-state index is 0.226. The monoisotopic (exact) mass is 287 g/mol. The zero-order chi connectivity index (χ0) is 11.9. The lowest BCUT2D eigenvalue weighted by atomic mass is 10.2. The first-order valence-electron chi connectivity index (χ1n) is 4.68. The van der Waals surface area contributed by atoms with E-state index in [1.165, 1.54) is 0 Å². The first-order chi connectivity index (χ1) is 6.61. The van der Waals surface area contributed by atoms with Crippen LogP contribution in [-0.4, -0.2) is 33.9 Å². The third-order valence-electron chi connectivity index (χ3n) is 2.11. The second-order valence-electron chi connectivity index (χ2n) is 4.25. The van der Waals surface area contributed by atoms with Gasteiger partial charge in [0.2, 0.25) is 5.91 Å². The van der Waals surface area contributed by atoms with E-state index >= 15 is 0 Å². The Hall–Kier alpha value is -0.260. The largest absolute Gasteiger partial charge is 0.406 e.